The van der Waals surface area contributed by atoms with Gasteiger partial charge >= 0.3 is 0 Å². The Morgan fingerprint density at radius 1 is 0.846 bits per heavy atom. The van der Waals surface area contributed by atoms with E-state index in [-0.39, 0.29) is 0 Å². The van der Waals surface area contributed by atoms with Gasteiger partial charge in [-0.2, -0.15) is 0 Å². The fraction of sp³-hybridized carbons (Fsp3) is 0.250. The second kappa shape index (κ2) is 6.77. The summed E-state index contributed by atoms with van der Waals surface area (Å²) in [5, 5.41) is 2.75. The molecule has 2 heteroatoms. The van der Waals surface area contributed by atoms with Crippen molar-refractivity contribution in [2.75, 3.05) is 11.9 Å². The summed E-state index contributed by atoms with van der Waals surface area (Å²) in [7, 11) is 2.17. The molecule has 0 saturated carbocycles. The highest BCUT2D eigenvalue weighted by Crippen LogP contribution is 2.42. The van der Waals surface area contributed by atoms with Gasteiger partial charge in [-0.3, -0.25) is 0 Å². The van der Waals surface area contributed by atoms with Crippen LogP contribution in [-0.4, -0.2) is 7.05 Å². The summed E-state index contributed by atoms with van der Waals surface area (Å²) in [4.78, 5) is 2.31. The molecule has 132 valence electrons. The Labute approximate surface area is 159 Å². The maximum atomic E-state index is 2.31. The van der Waals surface area contributed by atoms with E-state index in [2.05, 4.69) is 93.4 Å². The molecule has 1 aromatic heterocycles. The molecule has 1 heterocycles. The SMILES string of the molecule is CCc1cccc2c1sc1c(N(C)c3ccc(C(C)C)cc3)cccc12. The molecule has 0 atom stereocenters. The van der Waals surface area contributed by atoms with E-state index >= 15 is 0 Å². The van der Waals surface area contributed by atoms with Crippen molar-refractivity contribution in [3.05, 3.63) is 71.8 Å². The summed E-state index contributed by atoms with van der Waals surface area (Å²) in [6, 6.07) is 22.3. The van der Waals surface area contributed by atoms with Gasteiger partial charge in [-0.05, 0) is 41.7 Å². The molecule has 0 bridgehead atoms. The second-order valence-corrected chi connectivity index (χ2v) is 8.23. The average molecular weight is 360 g/mol. The normalized spacial score (nSPS) is 11.6. The summed E-state index contributed by atoms with van der Waals surface area (Å²) < 4.78 is 2.81. The van der Waals surface area contributed by atoms with Gasteiger partial charge in [0.2, 0.25) is 0 Å². The van der Waals surface area contributed by atoms with Crippen molar-refractivity contribution >= 4 is 42.9 Å². The van der Waals surface area contributed by atoms with Crippen LogP contribution in [0.2, 0.25) is 0 Å². The van der Waals surface area contributed by atoms with Gasteiger partial charge in [-0.15, -0.1) is 11.3 Å². The smallest absolute Gasteiger partial charge is 0.0592 e. The van der Waals surface area contributed by atoms with Crippen LogP contribution in [0.1, 0.15) is 37.8 Å². The van der Waals surface area contributed by atoms with E-state index in [4.69, 9.17) is 0 Å². The summed E-state index contributed by atoms with van der Waals surface area (Å²) in [6.45, 7) is 6.71. The molecule has 26 heavy (non-hydrogen) atoms. The third-order valence-corrected chi connectivity index (χ3v) is 6.59. The molecule has 4 aromatic rings. The highest BCUT2D eigenvalue weighted by molar-refractivity contribution is 7.26. The van der Waals surface area contributed by atoms with Gasteiger partial charge in [-0.1, -0.05) is 63.2 Å². The number of aryl methyl sites for hydroxylation is 1. The molecule has 0 aliphatic rings. The van der Waals surface area contributed by atoms with Crippen LogP contribution in [0, 0.1) is 0 Å². The van der Waals surface area contributed by atoms with E-state index in [9.17, 15) is 0 Å². The van der Waals surface area contributed by atoms with Crippen LogP contribution < -0.4 is 4.90 Å². The molecule has 4 rings (SSSR count). The molecule has 0 aliphatic carbocycles. The Bertz CT molecular complexity index is 1060. The summed E-state index contributed by atoms with van der Waals surface area (Å²) in [5.74, 6) is 0.563. The third-order valence-electron chi connectivity index (χ3n) is 5.27. The van der Waals surface area contributed by atoms with Crippen molar-refractivity contribution in [3.63, 3.8) is 0 Å². The predicted molar refractivity (Wildman–Crippen MR) is 117 cm³/mol. The highest BCUT2D eigenvalue weighted by atomic mass is 32.1. The zero-order valence-corrected chi connectivity index (χ0v) is 16.7. The Kier molecular flexibility index (Phi) is 4.46. The largest absolute Gasteiger partial charge is 0.343 e. The molecule has 0 fully saturated rings. The first kappa shape index (κ1) is 17.1. The second-order valence-electron chi connectivity index (χ2n) is 7.21. The lowest BCUT2D eigenvalue weighted by Crippen LogP contribution is -2.09. The van der Waals surface area contributed by atoms with E-state index in [0.717, 1.165) is 6.42 Å². The van der Waals surface area contributed by atoms with Crippen LogP contribution in [0.5, 0.6) is 0 Å². The van der Waals surface area contributed by atoms with Crippen LogP contribution >= 0.6 is 11.3 Å². The molecule has 0 radical (unpaired) electrons. The number of rotatable bonds is 4. The highest BCUT2D eigenvalue weighted by Gasteiger charge is 2.14. The monoisotopic (exact) mass is 359 g/mol. The van der Waals surface area contributed by atoms with Crippen LogP contribution in [0.15, 0.2) is 60.7 Å². The number of nitrogens with zero attached hydrogens (tertiary/aromatic N) is 1. The van der Waals surface area contributed by atoms with Crippen molar-refractivity contribution in [2.45, 2.75) is 33.1 Å². The maximum Gasteiger partial charge on any atom is 0.0592 e. The van der Waals surface area contributed by atoms with Gasteiger partial charge in [0.05, 0.1) is 10.4 Å². The maximum absolute atomic E-state index is 2.31. The third kappa shape index (κ3) is 2.79. The Morgan fingerprint density at radius 2 is 1.50 bits per heavy atom. The molecule has 0 spiro atoms. The summed E-state index contributed by atoms with van der Waals surface area (Å²) in [5.41, 5.74) is 5.34. The fourth-order valence-corrected chi connectivity index (χ4v) is 5.06. The van der Waals surface area contributed by atoms with E-state index in [1.807, 2.05) is 11.3 Å². The molecule has 0 N–H and O–H groups in total. The Hall–Kier alpha value is -2.32. The first-order valence-electron chi connectivity index (χ1n) is 9.37. The van der Waals surface area contributed by atoms with Crippen LogP contribution in [0.25, 0.3) is 20.2 Å². The van der Waals surface area contributed by atoms with Crippen LogP contribution in [-0.2, 0) is 6.42 Å². The van der Waals surface area contributed by atoms with E-state index in [1.165, 1.54) is 42.7 Å². The fourth-order valence-electron chi connectivity index (χ4n) is 3.63. The lowest BCUT2D eigenvalue weighted by atomic mass is 10.0. The lowest BCUT2D eigenvalue weighted by molar-refractivity contribution is 0.866. The minimum absolute atomic E-state index is 0.563. The summed E-state index contributed by atoms with van der Waals surface area (Å²) in [6.07, 6.45) is 1.08. The quantitative estimate of drug-likeness (QED) is 0.364. The number of thiophene rings is 1. The minimum atomic E-state index is 0.563. The molecule has 0 aliphatic heterocycles. The topological polar surface area (TPSA) is 3.24 Å². The zero-order valence-electron chi connectivity index (χ0n) is 15.9. The van der Waals surface area contributed by atoms with Crippen molar-refractivity contribution in [1.29, 1.82) is 0 Å². The molecule has 3 aromatic carbocycles. The van der Waals surface area contributed by atoms with Gasteiger partial charge in [0.15, 0.2) is 0 Å². The van der Waals surface area contributed by atoms with Gasteiger partial charge in [0.25, 0.3) is 0 Å². The van der Waals surface area contributed by atoms with Crippen LogP contribution in [0.3, 0.4) is 0 Å². The molecule has 0 amide bonds. The predicted octanol–water partition coefficient (Wildman–Crippen LogP) is 7.51. The Morgan fingerprint density at radius 3 is 2.15 bits per heavy atom. The number of hydrogen-bond donors (Lipinski definition) is 0. The molecule has 0 unspecified atom stereocenters. The van der Waals surface area contributed by atoms with E-state index in [0.29, 0.717) is 5.92 Å². The number of anilines is 2. The number of fused-ring (bicyclic) bond motifs is 3. The number of benzene rings is 3. The molecular formula is C24H25NS. The van der Waals surface area contributed by atoms with Crippen molar-refractivity contribution < 1.29 is 0 Å². The lowest BCUT2D eigenvalue weighted by Gasteiger charge is -2.21. The molecular weight excluding hydrogens is 334 g/mol. The van der Waals surface area contributed by atoms with E-state index in [1.54, 1.807) is 0 Å². The number of hydrogen-bond acceptors (Lipinski definition) is 2. The summed E-state index contributed by atoms with van der Waals surface area (Å²) >= 11 is 1.93. The van der Waals surface area contributed by atoms with Crippen LogP contribution in [0.4, 0.5) is 11.4 Å². The van der Waals surface area contributed by atoms with Gasteiger partial charge in [0.1, 0.15) is 0 Å². The molecule has 0 saturated heterocycles. The van der Waals surface area contributed by atoms with E-state index < -0.39 is 0 Å². The minimum Gasteiger partial charge on any atom is -0.343 e. The standard InChI is InChI=1S/C24H25NS/c1-5-17-8-6-9-20-21-10-7-11-22(24(21)26-23(17)20)25(4)19-14-12-18(13-15-19)16(2)3/h6-16H,5H2,1-4H3. The Balaban J connectivity index is 1.85. The van der Waals surface area contributed by atoms with Crippen molar-refractivity contribution in [3.8, 4) is 0 Å². The van der Waals surface area contributed by atoms with Crippen molar-refractivity contribution in [2.24, 2.45) is 0 Å². The first-order chi connectivity index (χ1) is 12.6. The average Bonchev–Trinajstić information content (AvgIpc) is 3.06. The van der Waals surface area contributed by atoms with Gasteiger partial charge in [-0.25, -0.2) is 0 Å². The van der Waals surface area contributed by atoms with Gasteiger partial charge in [0, 0.05) is 28.2 Å². The molecule has 1 nitrogen and oxygen atoms in total. The van der Waals surface area contributed by atoms with Crippen molar-refractivity contribution in [1.82, 2.24) is 0 Å². The zero-order chi connectivity index (χ0) is 18.3. The van der Waals surface area contributed by atoms with Gasteiger partial charge < -0.3 is 4.90 Å². The first-order valence-corrected chi connectivity index (χ1v) is 10.2.